The van der Waals surface area contributed by atoms with Gasteiger partial charge in [0.2, 0.25) is 0 Å². The van der Waals surface area contributed by atoms with Gasteiger partial charge in [-0.15, -0.1) is 10.2 Å². The van der Waals surface area contributed by atoms with Crippen LogP contribution in [0.4, 0.5) is 0 Å². The molecule has 1 N–H and O–H groups in total. The minimum Gasteiger partial charge on any atom is -0.345 e. The molecule has 0 aromatic carbocycles. The number of pyridine rings is 1. The van der Waals surface area contributed by atoms with Crippen LogP contribution in [-0.4, -0.2) is 50.2 Å². The van der Waals surface area contributed by atoms with Gasteiger partial charge in [0, 0.05) is 50.6 Å². The summed E-state index contributed by atoms with van der Waals surface area (Å²) < 4.78 is 2.17. The zero-order valence-electron chi connectivity index (χ0n) is 17.8. The second-order valence-electron chi connectivity index (χ2n) is 8.12. The van der Waals surface area contributed by atoms with Crippen LogP contribution >= 0.6 is 0 Å². The van der Waals surface area contributed by atoms with Gasteiger partial charge in [0.15, 0.2) is 5.82 Å². The molecular formula is C22H32N6O. The first kappa shape index (κ1) is 21.2. The third-order valence-corrected chi connectivity index (χ3v) is 5.33. The first-order chi connectivity index (χ1) is 14.0. The van der Waals surface area contributed by atoms with Crippen LogP contribution in [0.15, 0.2) is 36.2 Å². The maximum atomic E-state index is 12.3. The zero-order valence-corrected chi connectivity index (χ0v) is 17.8. The molecule has 1 atom stereocenters. The van der Waals surface area contributed by atoms with Crippen LogP contribution in [0.5, 0.6) is 0 Å². The lowest BCUT2D eigenvalue weighted by Crippen LogP contribution is -2.32. The number of amides is 1. The lowest BCUT2D eigenvalue weighted by atomic mass is 10.0. The van der Waals surface area contributed by atoms with Gasteiger partial charge in [0.25, 0.3) is 5.91 Å². The number of aromatic nitrogens is 4. The highest BCUT2D eigenvalue weighted by molar-refractivity contribution is 5.93. The van der Waals surface area contributed by atoms with E-state index < -0.39 is 0 Å². The molecule has 1 aliphatic rings. The lowest BCUT2D eigenvalue weighted by Gasteiger charge is -2.23. The third-order valence-electron chi connectivity index (χ3n) is 5.33. The molecule has 0 bridgehead atoms. The van der Waals surface area contributed by atoms with Gasteiger partial charge in [-0.1, -0.05) is 18.6 Å². The summed E-state index contributed by atoms with van der Waals surface area (Å²) in [6.07, 6.45) is 8.84. The summed E-state index contributed by atoms with van der Waals surface area (Å²) in [5.41, 5.74) is 2.00. The number of carbonyl (C=O) groups excluding carboxylic acids is 1. The van der Waals surface area contributed by atoms with Crippen LogP contribution in [0.1, 0.15) is 55.6 Å². The quantitative estimate of drug-likeness (QED) is 0.695. The maximum absolute atomic E-state index is 12.3. The van der Waals surface area contributed by atoms with E-state index in [4.69, 9.17) is 0 Å². The average Bonchev–Trinajstić information content (AvgIpc) is 2.99. The molecule has 1 amide bonds. The topological polar surface area (TPSA) is 75.9 Å². The summed E-state index contributed by atoms with van der Waals surface area (Å²) in [5, 5.41) is 11.6. The molecule has 1 aliphatic heterocycles. The number of nitrogens with zero attached hydrogens (tertiary/aromatic N) is 5. The van der Waals surface area contributed by atoms with Crippen molar-refractivity contribution in [2.45, 2.75) is 53.1 Å². The molecule has 0 saturated carbocycles. The third kappa shape index (κ3) is 6.22. The Kier molecular flexibility index (Phi) is 7.52. The monoisotopic (exact) mass is 396 g/mol. The SMILES string of the molecule is CC(C)=CCCC(C)CN1CCc2nnc(CNC(=O)c3ccncc3)n2CC1. The highest BCUT2D eigenvalue weighted by Gasteiger charge is 2.20. The fourth-order valence-corrected chi connectivity index (χ4v) is 3.69. The maximum Gasteiger partial charge on any atom is 0.251 e. The van der Waals surface area contributed by atoms with Crippen molar-refractivity contribution in [1.82, 2.24) is 30.0 Å². The Morgan fingerprint density at radius 2 is 2.00 bits per heavy atom. The van der Waals surface area contributed by atoms with Gasteiger partial charge in [-0.2, -0.15) is 0 Å². The lowest BCUT2D eigenvalue weighted by molar-refractivity contribution is 0.0949. The Balaban J connectivity index is 1.51. The summed E-state index contributed by atoms with van der Waals surface area (Å²) >= 11 is 0. The fraction of sp³-hybridized carbons (Fsp3) is 0.545. The number of carbonyl (C=O) groups is 1. The Morgan fingerprint density at radius 1 is 1.21 bits per heavy atom. The van der Waals surface area contributed by atoms with E-state index in [0.29, 0.717) is 18.0 Å². The molecule has 0 fully saturated rings. The Morgan fingerprint density at radius 3 is 2.76 bits per heavy atom. The molecule has 7 heteroatoms. The number of nitrogens with one attached hydrogen (secondary N) is 1. The molecule has 0 saturated heterocycles. The van der Waals surface area contributed by atoms with Crippen molar-refractivity contribution in [1.29, 1.82) is 0 Å². The highest BCUT2D eigenvalue weighted by Crippen LogP contribution is 2.14. The van der Waals surface area contributed by atoms with Crippen molar-refractivity contribution in [2.24, 2.45) is 5.92 Å². The number of allylic oxidation sites excluding steroid dienone is 2. The summed E-state index contributed by atoms with van der Waals surface area (Å²) in [4.78, 5) is 18.7. The average molecular weight is 397 g/mol. The van der Waals surface area contributed by atoms with Gasteiger partial charge in [0.1, 0.15) is 5.82 Å². The molecular weight excluding hydrogens is 364 g/mol. The van der Waals surface area contributed by atoms with Crippen molar-refractivity contribution in [3.05, 3.63) is 53.4 Å². The van der Waals surface area contributed by atoms with Crippen LogP contribution in [-0.2, 0) is 19.5 Å². The van der Waals surface area contributed by atoms with E-state index >= 15 is 0 Å². The van der Waals surface area contributed by atoms with Gasteiger partial charge in [0.05, 0.1) is 6.54 Å². The van der Waals surface area contributed by atoms with Gasteiger partial charge in [-0.05, 0) is 44.7 Å². The predicted molar refractivity (Wildman–Crippen MR) is 113 cm³/mol. The standard InChI is InChI=1S/C22H32N6O/c1-17(2)5-4-6-18(3)16-27-12-9-20-25-26-21(28(20)14-13-27)15-24-22(29)19-7-10-23-11-8-19/h5,7-8,10-11,18H,4,6,9,12-16H2,1-3H3,(H,24,29). The number of hydrogen-bond acceptors (Lipinski definition) is 5. The minimum atomic E-state index is -0.120. The summed E-state index contributed by atoms with van der Waals surface area (Å²) in [6.45, 7) is 11.0. The van der Waals surface area contributed by atoms with E-state index in [1.165, 1.54) is 12.0 Å². The fourth-order valence-electron chi connectivity index (χ4n) is 3.69. The van der Waals surface area contributed by atoms with Crippen molar-refractivity contribution < 1.29 is 4.79 Å². The normalized spacial score (nSPS) is 15.3. The second-order valence-corrected chi connectivity index (χ2v) is 8.12. The molecule has 156 valence electrons. The van der Waals surface area contributed by atoms with E-state index in [9.17, 15) is 4.79 Å². The number of fused-ring (bicyclic) bond motifs is 1. The molecule has 3 heterocycles. The molecule has 0 aliphatic carbocycles. The number of rotatable bonds is 8. The van der Waals surface area contributed by atoms with E-state index in [1.54, 1.807) is 24.5 Å². The Labute approximate surface area is 173 Å². The first-order valence-corrected chi connectivity index (χ1v) is 10.5. The van der Waals surface area contributed by atoms with Crippen LogP contribution in [0.25, 0.3) is 0 Å². The van der Waals surface area contributed by atoms with E-state index in [1.807, 2.05) is 0 Å². The minimum absolute atomic E-state index is 0.120. The summed E-state index contributed by atoms with van der Waals surface area (Å²) in [7, 11) is 0. The number of hydrogen-bond donors (Lipinski definition) is 1. The Hall–Kier alpha value is -2.54. The predicted octanol–water partition coefficient (Wildman–Crippen LogP) is 2.84. The van der Waals surface area contributed by atoms with Crippen LogP contribution < -0.4 is 5.32 Å². The molecule has 3 rings (SSSR count). The molecule has 7 nitrogen and oxygen atoms in total. The molecule has 0 radical (unpaired) electrons. The molecule has 2 aromatic rings. The van der Waals surface area contributed by atoms with Crippen LogP contribution in [0.2, 0.25) is 0 Å². The zero-order chi connectivity index (χ0) is 20.6. The first-order valence-electron chi connectivity index (χ1n) is 10.5. The van der Waals surface area contributed by atoms with Crippen LogP contribution in [0.3, 0.4) is 0 Å². The van der Waals surface area contributed by atoms with Crippen molar-refractivity contribution in [3.8, 4) is 0 Å². The van der Waals surface area contributed by atoms with Gasteiger partial charge < -0.3 is 14.8 Å². The Bertz CT molecular complexity index is 825. The van der Waals surface area contributed by atoms with Gasteiger partial charge >= 0.3 is 0 Å². The largest absolute Gasteiger partial charge is 0.345 e. The van der Waals surface area contributed by atoms with Crippen molar-refractivity contribution in [3.63, 3.8) is 0 Å². The smallest absolute Gasteiger partial charge is 0.251 e. The van der Waals surface area contributed by atoms with E-state index in [2.05, 4.69) is 56.8 Å². The van der Waals surface area contributed by atoms with E-state index in [0.717, 1.165) is 50.7 Å². The molecule has 0 spiro atoms. The molecule has 1 unspecified atom stereocenters. The van der Waals surface area contributed by atoms with E-state index in [-0.39, 0.29) is 5.91 Å². The van der Waals surface area contributed by atoms with Crippen molar-refractivity contribution in [2.75, 3.05) is 19.6 Å². The van der Waals surface area contributed by atoms with Gasteiger partial charge in [-0.3, -0.25) is 9.78 Å². The summed E-state index contributed by atoms with van der Waals surface area (Å²) in [5.74, 6) is 2.39. The molecule has 29 heavy (non-hydrogen) atoms. The van der Waals surface area contributed by atoms with Gasteiger partial charge in [-0.25, -0.2) is 0 Å². The highest BCUT2D eigenvalue weighted by atomic mass is 16.1. The van der Waals surface area contributed by atoms with Crippen LogP contribution in [0, 0.1) is 5.92 Å². The summed E-state index contributed by atoms with van der Waals surface area (Å²) in [6, 6.07) is 3.41. The van der Waals surface area contributed by atoms with Crippen molar-refractivity contribution >= 4 is 5.91 Å². The second kappa shape index (κ2) is 10.3. The molecule has 2 aromatic heterocycles.